The molecular weight excluding hydrogens is 294 g/mol. The van der Waals surface area contributed by atoms with Gasteiger partial charge < -0.3 is 15.0 Å². The van der Waals surface area contributed by atoms with Crippen molar-refractivity contribution in [1.29, 1.82) is 0 Å². The van der Waals surface area contributed by atoms with Crippen molar-refractivity contribution < 1.29 is 4.74 Å². The second-order valence-corrected chi connectivity index (χ2v) is 6.10. The molecule has 2 heterocycles. The smallest absolute Gasteiger partial charge is 0.193 e. The first-order valence-corrected chi connectivity index (χ1v) is 8.15. The monoisotopic (exact) mass is 323 g/mol. The summed E-state index contributed by atoms with van der Waals surface area (Å²) in [6.45, 7) is 8.68. The molecule has 2 rings (SSSR count). The Morgan fingerprint density at radius 1 is 1.48 bits per heavy atom. The first-order chi connectivity index (χ1) is 11.1. The number of nitrogens with zero attached hydrogens (tertiary/aromatic N) is 6. The van der Waals surface area contributed by atoms with Crippen molar-refractivity contribution in [1.82, 2.24) is 29.9 Å². The number of aliphatic imine (C=N–C) groups is 1. The molecule has 1 aliphatic heterocycles. The zero-order valence-corrected chi connectivity index (χ0v) is 14.7. The Morgan fingerprint density at radius 2 is 2.22 bits per heavy atom. The molecule has 23 heavy (non-hydrogen) atoms. The average molecular weight is 323 g/mol. The van der Waals surface area contributed by atoms with Crippen molar-refractivity contribution in [2.75, 3.05) is 53.5 Å². The van der Waals surface area contributed by atoms with Gasteiger partial charge in [-0.3, -0.25) is 14.6 Å². The normalized spacial score (nSPS) is 18.0. The van der Waals surface area contributed by atoms with Gasteiger partial charge in [0, 0.05) is 47.3 Å². The van der Waals surface area contributed by atoms with Crippen LogP contribution >= 0.6 is 0 Å². The van der Waals surface area contributed by atoms with Crippen molar-refractivity contribution in [3.63, 3.8) is 0 Å². The molecule has 1 aromatic rings. The number of morpholine rings is 1. The van der Waals surface area contributed by atoms with Crippen LogP contribution < -0.4 is 5.32 Å². The van der Waals surface area contributed by atoms with Crippen molar-refractivity contribution in [3.05, 3.63) is 12.2 Å². The predicted molar refractivity (Wildman–Crippen MR) is 90.3 cm³/mol. The van der Waals surface area contributed by atoms with E-state index in [2.05, 4.69) is 37.1 Å². The van der Waals surface area contributed by atoms with E-state index in [9.17, 15) is 0 Å². The first-order valence-electron chi connectivity index (χ1n) is 8.15. The van der Waals surface area contributed by atoms with Gasteiger partial charge in [-0.05, 0) is 5.92 Å². The lowest BCUT2D eigenvalue weighted by Gasteiger charge is -2.30. The Balaban J connectivity index is 1.76. The van der Waals surface area contributed by atoms with E-state index < -0.39 is 0 Å². The Bertz CT molecular complexity index is 496. The fourth-order valence-corrected chi connectivity index (χ4v) is 2.69. The van der Waals surface area contributed by atoms with Gasteiger partial charge in [0.2, 0.25) is 0 Å². The van der Waals surface area contributed by atoms with Crippen molar-refractivity contribution in [2.45, 2.75) is 13.5 Å². The first kappa shape index (κ1) is 17.7. The molecule has 1 unspecified atom stereocenters. The summed E-state index contributed by atoms with van der Waals surface area (Å²) in [5, 5.41) is 7.55. The van der Waals surface area contributed by atoms with E-state index in [0.29, 0.717) is 12.5 Å². The van der Waals surface area contributed by atoms with Gasteiger partial charge in [0.1, 0.15) is 12.2 Å². The van der Waals surface area contributed by atoms with E-state index in [-0.39, 0.29) is 0 Å². The Kier molecular flexibility index (Phi) is 6.79. The maximum Gasteiger partial charge on any atom is 0.193 e. The van der Waals surface area contributed by atoms with Gasteiger partial charge in [0.25, 0.3) is 0 Å². The molecule has 1 N–H and O–H groups in total. The van der Waals surface area contributed by atoms with Crippen LogP contribution in [0.25, 0.3) is 0 Å². The van der Waals surface area contributed by atoms with Crippen LogP contribution in [0.5, 0.6) is 0 Å². The molecular formula is C15H29N7O. The molecule has 0 saturated carbocycles. The van der Waals surface area contributed by atoms with Gasteiger partial charge >= 0.3 is 0 Å². The van der Waals surface area contributed by atoms with Crippen LogP contribution in [-0.4, -0.2) is 84.0 Å². The maximum atomic E-state index is 5.39. The minimum absolute atomic E-state index is 0.549. The van der Waals surface area contributed by atoms with E-state index in [1.807, 2.05) is 21.1 Å². The van der Waals surface area contributed by atoms with Crippen molar-refractivity contribution >= 4 is 5.96 Å². The molecule has 0 spiro atoms. The van der Waals surface area contributed by atoms with Crippen LogP contribution in [0.3, 0.4) is 0 Å². The highest BCUT2D eigenvalue weighted by Gasteiger charge is 2.15. The molecule has 1 fully saturated rings. The number of guanidine groups is 1. The topological polar surface area (TPSA) is 70.8 Å². The third kappa shape index (κ3) is 5.47. The van der Waals surface area contributed by atoms with Crippen LogP contribution in [-0.2, 0) is 18.3 Å². The number of rotatable bonds is 6. The van der Waals surface area contributed by atoms with E-state index in [0.717, 1.165) is 51.2 Å². The van der Waals surface area contributed by atoms with E-state index in [1.165, 1.54) is 0 Å². The second-order valence-electron chi connectivity index (χ2n) is 6.10. The molecule has 1 aromatic heterocycles. The zero-order valence-electron chi connectivity index (χ0n) is 14.7. The highest BCUT2D eigenvalue weighted by atomic mass is 16.5. The molecule has 0 radical (unpaired) electrons. The SMILES string of the molecule is CN=C(NCC(C)CN1CCOCC1)N(C)Cc1ncnn1C. The van der Waals surface area contributed by atoms with Crippen LogP contribution in [0.2, 0.25) is 0 Å². The third-order valence-electron chi connectivity index (χ3n) is 4.04. The molecule has 1 saturated heterocycles. The summed E-state index contributed by atoms with van der Waals surface area (Å²) >= 11 is 0. The minimum atomic E-state index is 0.549. The lowest BCUT2D eigenvalue weighted by Crippen LogP contribution is -2.44. The number of hydrogen-bond acceptors (Lipinski definition) is 5. The Morgan fingerprint density at radius 3 is 2.83 bits per heavy atom. The summed E-state index contributed by atoms with van der Waals surface area (Å²) < 4.78 is 7.17. The van der Waals surface area contributed by atoms with Crippen molar-refractivity contribution in [3.8, 4) is 0 Å². The predicted octanol–water partition coefficient (Wildman–Crippen LogP) is -0.209. The fourth-order valence-electron chi connectivity index (χ4n) is 2.69. The molecule has 0 aromatic carbocycles. The quantitative estimate of drug-likeness (QED) is 0.577. The zero-order chi connectivity index (χ0) is 16.7. The number of aromatic nitrogens is 3. The summed E-state index contributed by atoms with van der Waals surface area (Å²) in [4.78, 5) is 13.1. The van der Waals surface area contributed by atoms with Gasteiger partial charge in [-0.1, -0.05) is 6.92 Å². The van der Waals surface area contributed by atoms with Crippen LogP contribution in [0, 0.1) is 5.92 Å². The lowest BCUT2D eigenvalue weighted by molar-refractivity contribution is 0.0320. The summed E-state index contributed by atoms with van der Waals surface area (Å²) in [6.07, 6.45) is 1.57. The molecule has 8 nitrogen and oxygen atoms in total. The summed E-state index contributed by atoms with van der Waals surface area (Å²) in [7, 11) is 5.72. The number of hydrogen-bond donors (Lipinski definition) is 1. The van der Waals surface area contributed by atoms with Crippen LogP contribution in [0.1, 0.15) is 12.7 Å². The van der Waals surface area contributed by atoms with Gasteiger partial charge in [0.15, 0.2) is 5.96 Å². The summed E-state index contributed by atoms with van der Waals surface area (Å²) in [6, 6.07) is 0. The number of nitrogens with one attached hydrogen (secondary N) is 1. The molecule has 0 amide bonds. The van der Waals surface area contributed by atoms with E-state index >= 15 is 0 Å². The van der Waals surface area contributed by atoms with Gasteiger partial charge in [0.05, 0.1) is 19.8 Å². The standard InChI is InChI=1S/C15H29N7O/c1-13(10-22-5-7-23-8-6-22)9-17-15(16-2)20(3)11-14-18-12-19-21(14)4/h12-13H,5-11H2,1-4H3,(H,16,17). The number of ether oxygens (including phenoxy) is 1. The molecule has 8 heteroatoms. The summed E-state index contributed by atoms with van der Waals surface area (Å²) in [5.74, 6) is 2.34. The molecule has 1 atom stereocenters. The largest absolute Gasteiger partial charge is 0.379 e. The number of aryl methyl sites for hydroxylation is 1. The highest BCUT2D eigenvalue weighted by molar-refractivity contribution is 5.79. The van der Waals surface area contributed by atoms with Gasteiger partial charge in [-0.15, -0.1) is 0 Å². The highest BCUT2D eigenvalue weighted by Crippen LogP contribution is 2.03. The molecule has 130 valence electrons. The van der Waals surface area contributed by atoms with E-state index in [1.54, 1.807) is 11.0 Å². The molecule has 1 aliphatic rings. The maximum absolute atomic E-state index is 5.39. The minimum Gasteiger partial charge on any atom is -0.379 e. The van der Waals surface area contributed by atoms with Crippen molar-refractivity contribution in [2.24, 2.45) is 18.0 Å². The van der Waals surface area contributed by atoms with Gasteiger partial charge in [-0.25, -0.2) is 4.98 Å². The Labute approximate surface area is 138 Å². The van der Waals surface area contributed by atoms with Crippen LogP contribution in [0.15, 0.2) is 11.3 Å². The molecule has 0 aliphatic carbocycles. The van der Waals surface area contributed by atoms with Crippen LogP contribution in [0.4, 0.5) is 0 Å². The molecule has 0 bridgehead atoms. The lowest BCUT2D eigenvalue weighted by atomic mass is 10.1. The Hall–Kier alpha value is -1.67. The fraction of sp³-hybridized carbons (Fsp3) is 0.800. The van der Waals surface area contributed by atoms with Gasteiger partial charge in [-0.2, -0.15) is 5.10 Å². The summed E-state index contributed by atoms with van der Waals surface area (Å²) in [5.41, 5.74) is 0. The van der Waals surface area contributed by atoms with E-state index in [4.69, 9.17) is 4.74 Å². The average Bonchev–Trinajstić information content (AvgIpc) is 2.94. The second kappa shape index (κ2) is 8.83. The third-order valence-corrected chi connectivity index (χ3v) is 4.04.